The summed E-state index contributed by atoms with van der Waals surface area (Å²) in [5.41, 5.74) is 1.33. The second-order valence-corrected chi connectivity index (χ2v) is 4.48. The minimum atomic E-state index is -0.371. The Hall–Kier alpha value is -1.88. The first-order valence-electron chi connectivity index (χ1n) is 6.08. The molecule has 5 heteroatoms. The van der Waals surface area contributed by atoms with Gasteiger partial charge in [-0.2, -0.15) is 0 Å². The lowest BCUT2D eigenvalue weighted by molar-refractivity contribution is -0.130. The van der Waals surface area contributed by atoms with Crippen LogP contribution in [0.1, 0.15) is 22.8 Å². The Balaban J connectivity index is 2.73. The lowest BCUT2D eigenvalue weighted by Gasteiger charge is -2.18. The fourth-order valence-electron chi connectivity index (χ4n) is 1.72. The molecular weight excluding hydrogens is 244 g/mol. The minimum absolute atomic E-state index is 0.00412. The van der Waals surface area contributed by atoms with E-state index in [1.807, 2.05) is 12.1 Å². The summed E-state index contributed by atoms with van der Waals surface area (Å²) < 4.78 is 4.73. The molecule has 5 nitrogen and oxygen atoms in total. The number of hydrogen-bond donors (Lipinski definition) is 1. The number of likely N-dealkylation sites (N-methyl/N-ethyl adjacent to an activating group) is 1. The predicted molar refractivity (Wildman–Crippen MR) is 72.8 cm³/mol. The summed E-state index contributed by atoms with van der Waals surface area (Å²) in [5.74, 6) is -0.375. The van der Waals surface area contributed by atoms with Crippen molar-refractivity contribution in [3.05, 3.63) is 35.4 Å². The summed E-state index contributed by atoms with van der Waals surface area (Å²) in [6.45, 7) is 2.23. The molecule has 19 heavy (non-hydrogen) atoms. The number of ether oxygens (including phenoxy) is 1. The van der Waals surface area contributed by atoms with E-state index in [1.165, 1.54) is 12.0 Å². The Kier molecular flexibility index (Phi) is 5.51. The van der Waals surface area contributed by atoms with Gasteiger partial charge in [0.2, 0.25) is 5.91 Å². The number of benzene rings is 1. The van der Waals surface area contributed by atoms with Crippen molar-refractivity contribution in [2.75, 3.05) is 21.2 Å². The molecule has 0 radical (unpaired) electrons. The van der Waals surface area contributed by atoms with Crippen molar-refractivity contribution < 1.29 is 14.3 Å². The molecule has 1 aromatic rings. The quantitative estimate of drug-likeness (QED) is 0.807. The normalized spacial score (nSPS) is 11.8. The van der Waals surface area contributed by atoms with Gasteiger partial charge in [0, 0.05) is 20.6 Å². The smallest absolute Gasteiger partial charge is 0.338 e. The van der Waals surface area contributed by atoms with Crippen LogP contribution in [0.25, 0.3) is 0 Å². The van der Waals surface area contributed by atoms with Crippen molar-refractivity contribution in [2.24, 2.45) is 0 Å². The zero-order valence-corrected chi connectivity index (χ0v) is 11.8. The fraction of sp³-hybridized carbons (Fsp3) is 0.429. The molecule has 1 amide bonds. The maximum atomic E-state index is 11.7. The van der Waals surface area contributed by atoms with Crippen LogP contribution in [0.3, 0.4) is 0 Å². The van der Waals surface area contributed by atoms with Crippen LogP contribution in [0.15, 0.2) is 24.3 Å². The van der Waals surface area contributed by atoms with E-state index in [9.17, 15) is 9.59 Å². The maximum absolute atomic E-state index is 11.7. The van der Waals surface area contributed by atoms with Crippen molar-refractivity contribution in [2.45, 2.75) is 19.5 Å². The summed E-state index contributed by atoms with van der Waals surface area (Å²) in [6, 6.07) is 6.88. The number of methoxy groups -OCH3 is 1. The predicted octanol–water partition coefficient (Wildman–Crippen LogP) is 1.04. The van der Waals surface area contributed by atoms with E-state index in [-0.39, 0.29) is 17.9 Å². The molecule has 0 spiro atoms. The lowest BCUT2D eigenvalue weighted by Crippen LogP contribution is -2.41. The molecule has 0 aliphatic heterocycles. The molecular formula is C14H20N2O3. The molecule has 1 atom stereocenters. The van der Waals surface area contributed by atoms with Gasteiger partial charge in [-0.25, -0.2) is 4.79 Å². The minimum Gasteiger partial charge on any atom is -0.465 e. The molecule has 1 unspecified atom stereocenters. The number of carbonyl (C=O) groups excluding carboxylic acids is 2. The topological polar surface area (TPSA) is 58.6 Å². The maximum Gasteiger partial charge on any atom is 0.338 e. The lowest BCUT2D eigenvalue weighted by atomic mass is 10.1. The van der Waals surface area contributed by atoms with E-state index in [2.05, 4.69) is 5.32 Å². The molecule has 1 aromatic carbocycles. The van der Waals surface area contributed by atoms with Gasteiger partial charge in [-0.3, -0.25) is 4.79 Å². The highest BCUT2D eigenvalue weighted by atomic mass is 16.5. The second-order valence-electron chi connectivity index (χ2n) is 4.48. The number of carbonyl (C=O) groups is 2. The van der Waals surface area contributed by atoms with Crippen LogP contribution in [0.4, 0.5) is 0 Å². The zero-order chi connectivity index (χ0) is 14.4. The van der Waals surface area contributed by atoms with Gasteiger partial charge in [-0.15, -0.1) is 0 Å². The van der Waals surface area contributed by atoms with Crippen LogP contribution in [-0.2, 0) is 16.1 Å². The van der Waals surface area contributed by atoms with Crippen molar-refractivity contribution in [1.29, 1.82) is 0 Å². The van der Waals surface area contributed by atoms with Gasteiger partial charge >= 0.3 is 5.97 Å². The largest absolute Gasteiger partial charge is 0.465 e. The van der Waals surface area contributed by atoms with Gasteiger partial charge in [-0.05, 0) is 18.6 Å². The first kappa shape index (κ1) is 15.2. The summed E-state index contributed by atoms with van der Waals surface area (Å²) >= 11 is 0. The molecule has 0 aliphatic carbocycles. The standard InChI is InChI=1S/C14H20N2O3/c1-10(13(17)16(2)3)15-9-11-7-5-6-8-12(11)14(18)19-4/h5-8,10,15H,9H2,1-4H3. The number of rotatable bonds is 5. The average molecular weight is 264 g/mol. The highest BCUT2D eigenvalue weighted by Gasteiger charge is 2.16. The number of hydrogen-bond acceptors (Lipinski definition) is 4. The van der Waals surface area contributed by atoms with E-state index in [4.69, 9.17) is 4.74 Å². The van der Waals surface area contributed by atoms with E-state index >= 15 is 0 Å². The Morgan fingerprint density at radius 3 is 2.53 bits per heavy atom. The van der Waals surface area contributed by atoms with E-state index < -0.39 is 0 Å². The van der Waals surface area contributed by atoms with Crippen LogP contribution in [0.5, 0.6) is 0 Å². The molecule has 0 aromatic heterocycles. The summed E-state index contributed by atoms with van der Waals surface area (Å²) in [7, 11) is 4.77. The van der Waals surface area contributed by atoms with E-state index in [0.29, 0.717) is 12.1 Å². The first-order chi connectivity index (χ1) is 8.97. The Labute approximate surface area is 113 Å². The molecule has 0 saturated heterocycles. The summed E-state index contributed by atoms with van der Waals surface area (Å²) in [6.07, 6.45) is 0. The molecule has 0 heterocycles. The number of nitrogens with one attached hydrogen (secondary N) is 1. The van der Waals surface area contributed by atoms with Crippen LogP contribution >= 0.6 is 0 Å². The molecule has 0 bridgehead atoms. The summed E-state index contributed by atoms with van der Waals surface area (Å²) in [4.78, 5) is 24.8. The Morgan fingerprint density at radius 1 is 1.32 bits per heavy atom. The van der Waals surface area contributed by atoms with Crippen LogP contribution in [0.2, 0.25) is 0 Å². The number of nitrogens with zero attached hydrogens (tertiary/aromatic N) is 1. The van der Waals surface area contributed by atoms with Gasteiger partial charge in [0.15, 0.2) is 0 Å². The third kappa shape index (κ3) is 4.06. The highest BCUT2D eigenvalue weighted by molar-refractivity contribution is 5.91. The Morgan fingerprint density at radius 2 is 1.95 bits per heavy atom. The molecule has 0 saturated carbocycles. The SMILES string of the molecule is COC(=O)c1ccccc1CNC(C)C(=O)N(C)C. The molecule has 0 fully saturated rings. The first-order valence-corrected chi connectivity index (χ1v) is 6.08. The van der Waals surface area contributed by atoms with Crippen LogP contribution in [0, 0.1) is 0 Å². The molecule has 1 rings (SSSR count). The average Bonchev–Trinajstić information content (AvgIpc) is 2.43. The van der Waals surface area contributed by atoms with E-state index in [0.717, 1.165) is 5.56 Å². The summed E-state index contributed by atoms with van der Waals surface area (Å²) in [5, 5.41) is 3.10. The van der Waals surface area contributed by atoms with Crippen molar-refractivity contribution >= 4 is 11.9 Å². The Bertz CT molecular complexity index is 458. The molecule has 1 N–H and O–H groups in total. The van der Waals surface area contributed by atoms with Crippen molar-refractivity contribution in [3.63, 3.8) is 0 Å². The van der Waals surface area contributed by atoms with Gasteiger partial charge in [0.25, 0.3) is 0 Å². The van der Waals surface area contributed by atoms with Crippen LogP contribution in [-0.4, -0.2) is 44.0 Å². The van der Waals surface area contributed by atoms with E-state index in [1.54, 1.807) is 33.2 Å². The third-order valence-electron chi connectivity index (χ3n) is 2.83. The van der Waals surface area contributed by atoms with Gasteiger partial charge in [0.05, 0.1) is 18.7 Å². The second kappa shape index (κ2) is 6.89. The number of esters is 1. The van der Waals surface area contributed by atoms with Crippen molar-refractivity contribution in [3.8, 4) is 0 Å². The van der Waals surface area contributed by atoms with Gasteiger partial charge in [0.1, 0.15) is 0 Å². The zero-order valence-electron chi connectivity index (χ0n) is 11.8. The van der Waals surface area contributed by atoms with Crippen LogP contribution < -0.4 is 5.32 Å². The molecule has 104 valence electrons. The molecule has 0 aliphatic rings. The van der Waals surface area contributed by atoms with Gasteiger partial charge < -0.3 is 15.0 Å². The van der Waals surface area contributed by atoms with Crippen molar-refractivity contribution in [1.82, 2.24) is 10.2 Å². The highest BCUT2D eigenvalue weighted by Crippen LogP contribution is 2.10. The third-order valence-corrected chi connectivity index (χ3v) is 2.83. The monoisotopic (exact) mass is 264 g/mol. The number of amides is 1. The fourth-order valence-corrected chi connectivity index (χ4v) is 1.72. The van der Waals surface area contributed by atoms with Gasteiger partial charge in [-0.1, -0.05) is 18.2 Å².